The molecule has 0 bridgehead atoms. The number of sulfonamides is 1. The molecule has 2 aliphatic heterocycles. The zero-order valence-corrected chi connectivity index (χ0v) is 16.9. The summed E-state index contributed by atoms with van der Waals surface area (Å²) in [5, 5.41) is 2.84. The summed E-state index contributed by atoms with van der Waals surface area (Å²) in [6, 6.07) is 4.13. The largest absolute Gasteiger partial charge is 0.352 e. The molecule has 3 rings (SSSR count). The average molecular weight is 394 g/mol. The SMILES string of the molecule is CC(=O)N1c2ccc(S(=O)(=O)N3CCCCC3)cc2CC1C(=O)NC(C)C. The molecule has 2 amide bonds. The van der Waals surface area contributed by atoms with Crippen molar-refractivity contribution in [2.45, 2.75) is 63.4 Å². The summed E-state index contributed by atoms with van der Waals surface area (Å²) in [4.78, 5) is 26.4. The number of anilines is 1. The van der Waals surface area contributed by atoms with E-state index in [-0.39, 0.29) is 22.8 Å². The van der Waals surface area contributed by atoms with Crippen LogP contribution in [-0.2, 0) is 26.0 Å². The maximum atomic E-state index is 12.9. The molecule has 1 saturated heterocycles. The van der Waals surface area contributed by atoms with E-state index >= 15 is 0 Å². The van der Waals surface area contributed by atoms with Crippen LogP contribution in [-0.4, -0.2) is 49.7 Å². The Labute approximate surface area is 160 Å². The van der Waals surface area contributed by atoms with E-state index < -0.39 is 16.1 Å². The lowest BCUT2D eigenvalue weighted by molar-refractivity contribution is -0.125. The van der Waals surface area contributed by atoms with Gasteiger partial charge in [-0.15, -0.1) is 0 Å². The number of amides is 2. The number of nitrogens with zero attached hydrogens (tertiary/aromatic N) is 2. The molecular formula is C19H27N3O4S. The van der Waals surface area contributed by atoms with Crippen LogP contribution in [0.4, 0.5) is 5.69 Å². The van der Waals surface area contributed by atoms with Gasteiger partial charge in [0.1, 0.15) is 6.04 Å². The number of hydrogen-bond acceptors (Lipinski definition) is 4. The topological polar surface area (TPSA) is 86.8 Å². The minimum Gasteiger partial charge on any atom is -0.352 e. The fourth-order valence-corrected chi connectivity index (χ4v) is 5.39. The van der Waals surface area contributed by atoms with Crippen molar-refractivity contribution in [1.82, 2.24) is 9.62 Å². The van der Waals surface area contributed by atoms with Crippen molar-refractivity contribution in [2.75, 3.05) is 18.0 Å². The Hall–Kier alpha value is -1.93. The molecule has 7 nitrogen and oxygen atoms in total. The summed E-state index contributed by atoms with van der Waals surface area (Å²) in [6.45, 7) is 6.22. The first-order valence-corrected chi connectivity index (χ1v) is 10.9. The van der Waals surface area contributed by atoms with Crippen LogP contribution in [0.1, 0.15) is 45.6 Å². The number of carbonyl (C=O) groups is 2. The number of nitrogens with one attached hydrogen (secondary N) is 1. The van der Waals surface area contributed by atoms with E-state index in [2.05, 4.69) is 5.32 Å². The molecule has 0 saturated carbocycles. The second-order valence-corrected chi connectivity index (χ2v) is 9.47. The van der Waals surface area contributed by atoms with E-state index in [9.17, 15) is 18.0 Å². The van der Waals surface area contributed by atoms with Crippen LogP contribution in [0.15, 0.2) is 23.1 Å². The molecule has 2 aliphatic rings. The standard InChI is InChI=1S/C19H27N3O4S/c1-13(2)20-19(24)18-12-15-11-16(7-8-17(15)22(18)14(3)23)27(25,26)21-9-5-4-6-10-21/h7-8,11,13,18H,4-6,9-10,12H2,1-3H3,(H,20,24). The van der Waals surface area contributed by atoms with Crippen molar-refractivity contribution in [1.29, 1.82) is 0 Å². The van der Waals surface area contributed by atoms with Gasteiger partial charge in [0.2, 0.25) is 21.8 Å². The first-order valence-electron chi connectivity index (χ1n) is 9.45. The predicted molar refractivity (Wildman–Crippen MR) is 103 cm³/mol. The van der Waals surface area contributed by atoms with Crippen LogP contribution in [0.25, 0.3) is 0 Å². The molecule has 0 spiro atoms. The van der Waals surface area contributed by atoms with Gasteiger partial charge in [0.05, 0.1) is 4.90 Å². The highest BCUT2D eigenvalue weighted by molar-refractivity contribution is 7.89. The van der Waals surface area contributed by atoms with E-state index in [0.717, 1.165) is 19.3 Å². The summed E-state index contributed by atoms with van der Waals surface area (Å²) in [5.74, 6) is -0.457. The highest BCUT2D eigenvalue weighted by Crippen LogP contribution is 2.35. The van der Waals surface area contributed by atoms with Gasteiger partial charge in [0, 0.05) is 38.2 Å². The monoisotopic (exact) mass is 393 g/mol. The van der Waals surface area contributed by atoms with E-state index in [0.29, 0.717) is 30.8 Å². The van der Waals surface area contributed by atoms with Crippen molar-refractivity contribution in [3.8, 4) is 0 Å². The number of carbonyl (C=O) groups excluding carboxylic acids is 2. The Morgan fingerprint density at radius 3 is 2.41 bits per heavy atom. The maximum absolute atomic E-state index is 12.9. The third-order valence-corrected chi connectivity index (χ3v) is 6.96. The summed E-state index contributed by atoms with van der Waals surface area (Å²) < 4.78 is 27.4. The normalized spacial score (nSPS) is 20.6. The van der Waals surface area contributed by atoms with Crippen molar-refractivity contribution < 1.29 is 18.0 Å². The molecule has 1 unspecified atom stereocenters. The van der Waals surface area contributed by atoms with Crippen LogP contribution in [0.3, 0.4) is 0 Å². The first-order chi connectivity index (χ1) is 12.7. The maximum Gasteiger partial charge on any atom is 0.243 e. The fraction of sp³-hybridized carbons (Fsp3) is 0.579. The molecule has 1 aromatic rings. The van der Waals surface area contributed by atoms with Gasteiger partial charge >= 0.3 is 0 Å². The number of piperidine rings is 1. The summed E-state index contributed by atoms with van der Waals surface area (Å²) >= 11 is 0. The zero-order chi connectivity index (χ0) is 19.8. The Morgan fingerprint density at radius 1 is 1.15 bits per heavy atom. The lowest BCUT2D eigenvalue weighted by atomic mass is 10.1. The summed E-state index contributed by atoms with van der Waals surface area (Å²) in [6.07, 6.45) is 3.12. The van der Waals surface area contributed by atoms with Crippen LogP contribution in [0.5, 0.6) is 0 Å². The Balaban J connectivity index is 1.92. The van der Waals surface area contributed by atoms with Gasteiger partial charge in [0.25, 0.3) is 0 Å². The molecular weight excluding hydrogens is 366 g/mol. The average Bonchev–Trinajstić information content (AvgIpc) is 3.01. The molecule has 1 fully saturated rings. The zero-order valence-electron chi connectivity index (χ0n) is 16.1. The van der Waals surface area contributed by atoms with Crippen LogP contribution in [0.2, 0.25) is 0 Å². The molecule has 8 heteroatoms. The van der Waals surface area contributed by atoms with Gasteiger partial charge < -0.3 is 5.32 Å². The number of hydrogen-bond donors (Lipinski definition) is 1. The second-order valence-electron chi connectivity index (χ2n) is 7.53. The highest BCUT2D eigenvalue weighted by Gasteiger charge is 2.38. The highest BCUT2D eigenvalue weighted by atomic mass is 32.2. The molecule has 0 aromatic heterocycles. The van der Waals surface area contributed by atoms with Crippen molar-refractivity contribution in [3.63, 3.8) is 0 Å². The van der Waals surface area contributed by atoms with Gasteiger partial charge in [-0.05, 0) is 50.5 Å². The van der Waals surface area contributed by atoms with Gasteiger partial charge in [0.15, 0.2) is 0 Å². The number of fused-ring (bicyclic) bond motifs is 1. The van der Waals surface area contributed by atoms with Crippen molar-refractivity contribution in [2.24, 2.45) is 0 Å². The van der Waals surface area contributed by atoms with Crippen LogP contribution >= 0.6 is 0 Å². The lowest BCUT2D eigenvalue weighted by Crippen LogP contribution is -2.49. The molecule has 0 aliphatic carbocycles. The Bertz CT molecular complexity index is 845. The second kappa shape index (κ2) is 7.59. The molecule has 27 heavy (non-hydrogen) atoms. The van der Waals surface area contributed by atoms with Gasteiger partial charge in [-0.1, -0.05) is 6.42 Å². The molecule has 2 heterocycles. The first kappa shape index (κ1) is 19.8. The quantitative estimate of drug-likeness (QED) is 0.843. The third-order valence-electron chi connectivity index (χ3n) is 5.06. The van der Waals surface area contributed by atoms with Crippen LogP contribution < -0.4 is 10.2 Å². The Morgan fingerprint density at radius 2 is 1.81 bits per heavy atom. The van der Waals surface area contributed by atoms with Crippen molar-refractivity contribution in [3.05, 3.63) is 23.8 Å². The minimum absolute atomic E-state index is 0.0370. The minimum atomic E-state index is -3.55. The van der Waals surface area contributed by atoms with E-state index in [1.54, 1.807) is 18.2 Å². The smallest absolute Gasteiger partial charge is 0.243 e. The molecule has 0 radical (unpaired) electrons. The molecule has 1 N–H and O–H groups in total. The van der Waals surface area contributed by atoms with E-state index in [1.165, 1.54) is 16.1 Å². The molecule has 148 valence electrons. The fourth-order valence-electron chi connectivity index (χ4n) is 3.82. The number of rotatable bonds is 4. The Kier molecular flexibility index (Phi) is 5.58. The van der Waals surface area contributed by atoms with Gasteiger partial charge in [-0.3, -0.25) is 14.5 Å². The van der Waals surface area contributed by atoms with Crippen molar-refractivity contribution >= 4 is 27.5 Å². The summed E-state index contributed by atoms with van der Waals surface area (Å²) in [5.41, 5.74) is 1.33. The van der Waals surface area contributed by atoms with E-state index in [1.807, 2.05) is 13.8 Å². The van der Waals surface area contributed by atoms with E-state index in [4.69, 9.17) is 0 Å². The van der Waals surface area contributed by atoms with Gasteiger partial charge in [-0.25, -0.2) is 8.42 Å². The molecule has 1 aromatic carbocycles. The summed E-state index contributed by atoms with van der Waals surface area (Å²) in [7, 11) is -3.55. The number of benzene rings is 1. The molecule has 1 atom stereocenters. The predicted octanol–water partition coefficient (Wildman–Crippen LogP) is 1.66. The van der Waals surface area contributed by atoms with Crippen LogP contribution in [0, 0.1) is 0 Å². The lowest BCUT2D eigenvalue weighted by Gasteiger charge is -2.26. The van der Waals surface area contributed by atoms with Gasteiger partial charge in [-0.2, -0.15) is 4.31 Å². The third kappa shape index (κ3) is 3.87.